The summed E-state index contributed by atoms with van der Waals surface area (Å²) in [6.07, 6.45) is 5.06. The average molecular weight is 170 g/mol. The van der Waals surface area contributed by atoms with Crippen LogP contribution < -0.4 is 0 Å². The zero-order valence-electron chi connectivity index (χ0n) is 7.00. The van der Waals surface area contributed by atoms with Crippen LogP contribution in [0.15, 0.2) is 12.4 Å². The maximum atomic E-state index is 5.04. The molecule has 0 radical (unpaired) electrons. The van der Waals surface area contributed by atoms with Crippen molar-refractivity contribution >= 4 is 12.2 Å². The highest BCUT2D eigenvalue weighted by atomic mass is 32.1. The van der Waals surface area contributed by atoms with Crippen LogP contribution in [-0.4, -0.2) is 9.55 Å². The molecular weight excluding hydrogens is 156 g/mol. The fourth-order valence-corrected chi connectivity index (χ4v) is 1.14. The van der Waals surface area contributed by atoms with Crippen LogP contribution in [0.2, 0.25) is 0 Å². The zero-order chi connectivity index (χ0) is 8.27. The number of aromatic amines is 1. The topological polar surface area (TPSA) is 20.7 Å². The molecule has 1 aromatic rings. The van der Waals surface area contributed by atoms with E-state index < -0.39 is 0 Å². The molecule has 0 spiro atoms. The van der Waals surface area contributed by atoms with Crippen molar-refractivity contribution in [2.24, 2.45) is 5.92 Å². The molecule has 0 amide bonds. The second kappa shape index (κ2) is 3.72. The molecule has 0 fully saturated rings. The number of aromatic nitrogens is 2. The predicted octanol–water partition coefficient (Wildman–Crippen LogP) is 2.59. The predicted molar refractivity (Wildman–Crippen MR) is 49.1 cm³/mol. The molecule has 2 nitrogen and oxygen atoms in total. The van der Waals surface area contributed by atoms with Gasteiger partial charge < -0.3 is 9.55 Å². The van der Waals surface area contributed by atoms with Gasteiger partial charge in [-0.3, -0.25) is 0 Å². The van der Waals surface area contributed by atoms with Crippen LogP contribution in [0, 0.1) is 10.7 Å². The summed E-state index contributed by atoms with van der Waals surface area (Å²) in [5.41, 5.74) is 0. The van der Waals surface area contributed by atoms with Crippen molar-refractivity contribution in [3.8, 4) is 0 Å². The zero-order valence-corrected chi connectivity index (χ0v) is 7.82. The fourth-order valence-electron chi connectivity index (χ4n) is 0.923. The Bertz CT molecular complexity index is 259. The normalized spacial score (nSPS) is 10.8. The molecule has 3 heteroatoms. The molecule has 0 saturated carbocycles. The van der Waals surface area contributed by atoms with Gasteiger partial charge in [-0.2, -0.15) is 0 Å². The average Bonchev–Trinajstić information content (AvgIpc) is 2.31. The molecule has 0 aliphatic heterocycles. The smallest absolute Gasteiger partial charge is 0.177 e. The van der Waals surface area contributed by atoms with Crippen LogP contribution in [0.3, 0.4) is 0 Å². The van der Waals surface area contributed by atoms with Crippen molar-refractivity contribution in [3.63, 3.8) is 0 Å². The second-order valence-electron chi connectivity index (χ2n) is 3.14. The largest absolute Gasteiger partial charge is 0.337 e. The summed E-state index contributed by atoms with van der Waals surface area (Å²) in [6.45, 7) is 5.46. The third-order valence-electron chi connectivity index (χ3n) is 1.67. The quantitative estimate of drug-likeness (QED) is 0.691. The first-order chi connectivity index (χ1) is 5.20. The van der Waals surface area contributed by atoms with Gasteiger partial charge in [0.05, 0.1) is 0 Å². The van der Waals surface area contributed by atoms with E-state index in [2.05, 4.69) is 23.4 Å². The Morgan fingerprint density at radius 3 is 2.82 bits per heavy atom. The number of nitrogens with one attached hydrogen (secondary N) is 1. The Morgan fingerprint density at radius 2 is 2.36 bits per heavy atom. The molecule has 0 unspecified atom stereocenters. The maximum Gasteiger partial charge on any atom is 0.177 e. The number of imidazole rings is 1. The van der Waals surface area contributed by atoms with Crippen molar-refractivity contribution in [1.82, 2.24) is 9.55 Å². The molecule has 1 rings (SSSR count). The van der Waals surface area contributed by atoms with Gasteiger partial charge in [0.25, 0.3) is 0 Å². The summed E-state index contributed by atoms with van der Waals surface area (Å²) in [7, 11) is 0. The van der Waals surface area contributed by atoms with E-state index in [1.54, 1.807) is 0 Å². The minimum absolute atomic E-state index is 0.742. The monoisotopic (exact) mass is 170 g/mol. The molecular formula is C8H14N2S. The van der Waals surface area contributed by atoms with Gasteiger partial charge in [0.1, 0.15) is 0 Å². The Hall–Kier alpha value is -0.570. The molecule has 0 aliphatic carbocycles. The summed E-state index contributed by atoms with van der Waals surface area (Å²) in [4.78, 5) is 2.97. The third kappa shape index (κ3) is 2.50. The van der Waals surface area contributed by atoms with Crippen LogP contribution in [0.25, 0.3) is 0 Å². The van der Waals surface area contributed by atoms with Gasteiger partial charge in [-0.15, -0.1) is 0 Å². The van der Waals surface area contributed by atoms with Crippen molar-refractivity contribution in [2.45, 2.75) is 26.8 Å². The number of hydrogen-bond donors (Lipinski definition) is 1. The van der Waals surface area contributed by atoms with Gasteiger partial charge in [0.2, 0.25) is 0 Å². The molecule has 1 aromatic heterocycles. The lowest BCUT2D eigenvalue weighted by atomic mass is 10.1. The summed E-state index contributed by atoms with van der Waals surface area (Å²) in [6, 6.07) is 0. The standard InChI is InChI=1S/C8H14N2S/c1-7(2)3-5-10-6-4-9-8(10)11/h4,6-7H,3,5H2,1-2H3,(H,9,11). The van der Waals surface area contributed by atoms with Gasteiger partial charge >= 0.3 is 0 Å². The first-order valence-corrected chi connectivity index (χ1v) is 4.35. The van der Waals surface area contributed by atoms with E-state index in [9.17, 15) is 0 Å². The van der Waals surface area contributed by atoms with Crippen LogP contribution in [0.4, 0.5) is 0 Å². The Labute approximate surface area is 72.3 Å². The minimum atomic E-state index is 0.742. The lowest BCUT2D eigenvalue weighted by Crippen LogP contribution is -1.99. The van der Waals surface area contributed by atoms with E-state index in [0.29, 0.717) is 0 Å². The lowest BCUT2D eigenvalue weighted by molar-refractivity contribution is 0.513. The molecule has 0 atom stereocenters. The van der Waals surface area contributed by atoms with Gasteiger partial charge in [-0.25, -0.2) is 0 Å². The van der Waals surface area contributed by atoms with E-state index in [1.807, 2.05) is 12.4 Å². The Balaban J connectivity index is 2.51. The lowest BCUT2D eigenvalue weighted by Gasteiger charge is -2.04. The second-order valence-corrected chi connectivity index (χ2v) is 3.53. The number of hydrogen-bond acceptors (Lipinski definition) is 1. The highest BCUT2D eigenvalue weighted by Crippen LogP contribution is 2.02. The van der Waals surface area contributed by atoms with Crippen molar-refractivity contribution < 1.29 is 0 Å². The van der Waals surface area contributed by atoms with Crippen LogP contribution in [0.1, 0.15) is 20.3 Å². The van der Waals surface area contributed by atoms with E-state index in [0.717, 1.165) is 17.2 Å². The summed E-state index contributed by atoms with van der Waals surface area (Å²) < 4.78 is 2.89. The Morgan fingerprint density at radius 1 is 1.64 bits per heavy atom. The Kier molecular flexibility index (Phi) is 2.88. The molecule has 62 valence electrons. The maximum absolute atomic E-state index is 5.04. The molecule has 0 aromatic carbocycles. The number of aryl methyl sites for hydroxylation is 1. The molecule has 1 N–H and O–H groups in total. The summed E-state index contributed by atoms with van der Waals surface area (Å²) in [5.74, 6) is 0.742. The van der Waals surface area contributed by atoms with Gasteiger partial charge in [-0.05, 0) is 24.6 Å². The number of nitrogens with zero attached hydrogens (tertiary/aromatic N) is 1. The van der Waals surface area contributed by atoms with Crippen LogP contribution in [0.5, 0.6) is 0 Å². The summed E-state index contributed by atoms with van der Waals surface area (Å²) >= 11 is 5.04. The SMILES string of the molecule is CC(C)CCn1cc[nH]c1=S. The van der Waals surface area contributed by atoms with E-state index in [-0.39, 0.29) is 0 Å². The molecule has 0 bridgehead atoms. The number of rotatable bonds is 3. The van der Waals surface area contributed by atoms with E-state index in [4.69, 9.17) is 12.2 Å². The van der Waals surface area contributed by atoms with Gasteiger partial charge in [0, 0.05) is 18.9 Å². The highest BCUT2D eigenvalue weighted by Gasteiger charge is 1.95. The fraction of sp³-hybridized carbons (Fsp3) is 0.625. The minimum Gasteiger partial charge on any atom is -0.337 e. The molecule has 11 heavy (non-hydrogen) atoms. The van der Waals surface area contributed by atoms with Crippen LogP contribution in [-0.2, 0) is 6.54 Å². The first kappa shape index (κ1) is 8.53. The number of H-pyrrole nitrogens is 1. The van der Waals surface area contributed by atoms with Crippen molar-refractivity contribution in [3.05, 3.63) is 17.2 Å². The van der Waals surface area contributed by atoms with E-state index in [1.165, 1.54) is 6.42 Å². The van der Waals surface area contributed by atoms with E-state index >= 15 is 0 Å². The molecule has 0 saturated heterocycles. The van der Waals surface area contributed by atoms with Crippen molar-refractivity contribution in [1.29, 1.82) is 0 Å². The van der Waals surface area contributed by atoms with Crippen molar-refractivity contribution in [2.75, 3.05) is 0 Å². The highest BCUT2D eigenvalue weighted by molar-refractivity contribution is 7.71. The molecule has 0 aliphatic rings. The molecule has 1 heterocycles. The van der Waals surface area contributed by atoms with Gasteiger partial charge in [0.15, 0.2) is 4.77 Å². The first-order valence-electron chi connectivity index (χ1n) is 3.94. The van der Waals surface area contributed by atoms with Gasteiger partial charge in [-0.1, -0.05) is 13.8 Å². The summed E-state index contributed by atoms with van der Waals surface area (Å²) in [5, 5.41) is 0. The third-order valence-corrected chi connectivity index (χ3v) is 2.02. The van der Waals surface area contributed by atoms with Crippen LogP contribution >= 0.6 is 12.2 Å².